The Hall–Kier alpha value is -2.38. The highest BCUT2D eigenvalue weighted by atomic mass is 79.9. The van der Waals surface area contributed by atoms with Gasteiger partial charge in [0.25, 0.3) is 5.91 Å². The predicted octanol–water partition coefficient (Wildman–Crippen LogP) is 3.39. The van der Waals surface area contributed by atoms with Crippen molar-refractivity contribution in [3.05, 3.63) is 58.6 Å². The summed E-state index contributed by atoms with van der Waals surface area (Å²) in [5.41, 5.74) is 2.24. The maximum absolute atomic E-state index is 12.0. The fraction of sp³-hybridized carbons (Fsp3) is 0.333. The summed E-state index contributed by atoms with van der Waals surface area (Å²) in [7, 11) is 0. The van der Waals surface area contributed by atoms with Crippen molar-refractivity contribution < 1.29 is 14.3 Å². The van der Waals surface area contributed by atoms with Gasteiger partial charge in [-0.05, 0) is 55.1 Å². The Morgan fingerprint density at radius 3 is 2.25 bits per heavy atom. The van der Waals surface area contributed by atoms with Crippen molar-refractivity contribution in [2.45, 2.75) is 6.92 Å². The number of hydrogen-bond acceptors (Lipinski definition) is 5. The zero-order valence-corrected chi connectivity index (χ0v) is 17.4. The van der Waals surface area contributed by atoms with E-state index >= 15 is 0 Å². The SMILES string of the molecule is CCN1CCN(c2ccc(NC(=O)COC(=O)c3ccc(Br)cc3)cc2)CC1. The Labute approximate surface area is 173 Å². The first-order valence-electron chi connectivity index (χ1n) is 9.35. The molecule has 0 atom stereocenters. The normalized spacial score (nSPS) is 14.6. The molecule has 7 heteroatoms. The van der Waals surface area contributed by atoms with Crippen molar-refractivity contribution >= 4 is 39.2 Å². The van der Waals surface area contributed by atoms with E-state index in [1.54, 1.807) is 24.3 Å². The van der Waals surface area contributed by atoms with Crippen molar-refractivity contribution in [3.63, 3.8) is 0 Å². The van der Waals surface area contributed by atoms with Gasteiger partial charge in [-0.15, -0.1) is 0 Å². The van der Waals surface area contributed by atoms with Crippen molar-refractivity contribution in [2.75, 3.05) is 49.5 Å². The lowest BCUT2D eigenvalue weighted by Gasteiger charge is -2.35. The van der Waals surface area contributed by atoms with Crippen LogP contribution in [0.3, 0.4) is 0 Å². The number of nitrogens with one attached hydrogen (secondary N) is 1. The fourth-order valence-electron chi connectivity index (χ4n) is 3.08. The molecule has 0 bridgehead atoms. The number of carbonyl (C=O) groups is 2. The third-order valence-corrected chi connectivity index (χ3v) is 5.28. The number of rotatable bonds is 6. The van der Waals surface area contributed by atoms with Crippen molar-refractivity contribution in [3.8, 4) is 0 Å². The number of anilines is 2. The van der Waals surface area contributed by atoms with E-state index in [9.17, 15) is 9.59 Å². The molecule has 148 valence electrons. The quantitative estimate of drug-likeness (QED) is 0.690. The molecular weight excluding hydrogens is 422 g/mol. The first kappa shape index (κ1) is 20.4. The van der Waals surface area contributed by atoms with E-state index in [0.29, 0.717) is 11.3 Å². The molecule has 0 aromatic heterocycles. The van der Waals surface area contributed by atoms with E-state index in [1.165, 1.54) is 0 Å². The topological polar surface area (TPSA) is 61.9 Å². The molecule has 0 radical (unpaired) electrons. The summed E-state index contributed by atoms with van der Waals surface area (Å²) in [5.74, 6) is -0.890. The van der Waals surface area contributed by atoms with Crippen molar-refractivity contribution in [1.29, 1.82) is 0 Å². The molecule has 1 amide bonds. The number of piperazine rings is 1. The van der Waals surface area contributed by atoms with Crippen molar-refractivity contribution in [2.24, 2.45) is 0 Å². The average molecular weight is 446 g/mol. The first-order valence-corrected chi connectivity index (χ1v) is 10.1. The lowest BCUT2D eigenvalue weighted by Crippen LogP contribution is -2.46. The second-order valence-electron chi connectivity index (χ2n) is 6.60. The summed E-state index contributed by atoms with van der Waals surface area (Å²) in [6.45, 7) is 7.10. The lowest BCUT2D eigenvalue weighted by atomic mass is 10.2. The Bertz CT molecular complexity index is 801. The molecule has 2 aromatic rings. The highest BCUT2D eigenvalue weighted by Gasteiger charge is 2.16. The number of nitrogens with zero attached hydrogens (tertiary/aromatic N) is 2. The minimum Gasteiger partial charge on any atom is -0.452 e. The van der Waals surface area contributed by atoms with Crippen LogP contribution in [0.15, 0.2) is 53.0 Å². The maximum atomic E-state index is 12.0. The molecule has 1 aliphatic rings. The van der Waals surface area contributed by atoms with Gasteiger partial charge in [0.15, 0.2) is 6.61 Å². The molecule has 1 heterocycles. The molecule has 0 unspecified atom stereocenters. The van der Waals surface area contributed by atoms with Crippen LogP contribution in [0.25, 0.3) is 0 Å². The van der Waals surface area contributed by atoms with Gasteiger partial charge in [-0.25, -0.2) is 4.79 Å². The number of benzene rings is 2. The van der Waals surface area contributed by atoms with Crippen molar-refractivity contribution in [1.82, 2.24) is 4.90 Å². The zero-order valence-electron chi connectivity index (χ0n) is 15.9. The summed E-state index contributed by atoms with van der Waals surface area (Å²) >= 11 is 3.31. The van der Waals surface area contributed by atoms with Gasteiger partial charge in [0.2, 0.25) is 0 Å². The minimum absolute atomic E-state index is 0.324. The number of esters is 1. The third-order valence-electron chi connectivity index (χ3n) is 4.75. The third kappa shape index (κ3) is 5.56. The lowest BCUT2D eigenvalue weighted by molar-refractivity contribution is -0.119. The Balaban J connectivity index is 1.46. The maximum Gasteiger partial charge on any atom is 0.338 e. The fourth-order valence-corrected chi connectivity index (χ4v) is 3.34. The van der Waals surface area contributed by atoms with E-state index in [4.69, 9.17) is 4.74 Å². The molecule has 1 aliphatic heterocycles. The number of amides is 1. The van der Waals surface area contributed by atoms with Gasteiger partial charge in [-0.1, -0.05) is 22.9 Å². The molecule has 2 aromatic carbocycles. The van der Waals surface area contributed by atoms with Crippen LogP contribution in [0.5, 0.6) is 0 Å². The van der Waals surface area contributed by atoms with Crippen LogP contribution in [-0.4, -0.2) is 56.1 Å². The smallest absolute Gasteiger partial charge is 0.338 e. The van der Waals surface area contributed by atoms with E-state index < -0.39 is 5.97 Å². The monoisotopic (exact) mass is 445 g/mol. The predicted molar refractivity (Wildman–Crippen MR) is 114 cm³/mol. The molecule has 28 heavy (non-hydrogen) atoms. The second kappa shape index (κ2) is 9.71. The van der Waals surface area contributed by atoms with E-state index in [2.05, 4.69) is 38.0 Å². The summed E-state index contributed by atoms with van der Waals surface area (Å²) < 4.78 is 5.94. The van der Waals surface area contributed by atoms with Gasteiger partial charge in [0.1, 0.15) is 0 Å². The number of halogens is 1. The average Bonchev–Trinajstić information content (AvgIpc) is 2.73. The molecule has 0 saturated carbocycles. The summed E-state index contributed by atoms with van der Waals surface area (Å²) in [6, 6.07) is 14.5. The summed E-state index contributed by atoms with van der Waals surface area (Å²) in [6.07, 6.45) is 0. The van der Waals surface area contributed by atoms with Crippen LogP contribution >= 0.6 is 15.9 Å². The Kier molecular flexibility index (Phi) is 7.06. The number of carbonyl (C=O) groups excluding carboxylic acids is 2. The van der Waals surface area contributed by atoms with Crippen LogP contribution < -0.4 is 10.2 Å². The molecule has 6 nitrogen and oxygen atoms in total. The van der Waals surface area contributed by atoms with Crippen LogP contribution in [0.2, 0.25) is 0 Å². The Morgan fingerprint density at radius 2 is 1.64 bits per heavy atom. The summed E-state index contributed by atoms with van der Waals surface area (Å²) in [5, 5.41) is 2.75. The molecule has 1 N–H and O–H groups in total. The van der Waals surface area contributed by atoms with Gasteiger partial charge in [-0.2, -0.15) is 0 Å². The van der Waals surface area contributed by atoms with Crippen LogP contribution in [0.1, 0.15) is 17.3 Å². The second-order valence-corrected chi connectivity index (χ2v) is 7.52. The van der Waals surface area contributed by atoms with E-state index in [-0.39, 0.29) is 12.5 Å². The van der Waals surface area contributed by atoms with E-state index in [1.807, 2.05) is 24.3 Å². The highest BCUT2D eigenvalue weighted by Crippen LogP contribution is 2.19. The van der Waals surface area contributed by atoms with Gasteiger partial charge in [0.05, 0.1) is 5.56 Å². The standard InChI is InChI=1S/C21H24BrN3O3/c1-2-24-11-13-25(14-12-24)19-9-7-18(8-10-19)23-20(26)15-28-21(27)16-3-5-17(22)6-4-16/h3-10H,2,11-15H2,1H3,(H,23,26). The molecular formula is C21H24BrN3O3. The van der Waals surface area contributed by atoms with Crippen LogP contribution in [0.4, 0.5) is 11.4 Å². The number of hydrogen-bond donors (Lipinski definition) is 1. The number of ether oxygens (including phenoxy) is 1. The molecule has 3 rings (SSSR count). The number of likely N-dealkylation sites (N-methyl/N-ethyl adjacent to an activating group) is 1. The molecule has 0 aliphatic carbocycles. The van der Waals surface area contributed by atoms with Gasteiger partial charge in [-0.3, -0.25) is 4.79 Å². The molecule has 0 spiro atoms. The summed E-state index contributed by atoms with van der Waals surface area (Å²) in [4.78, 5) is 28.8. The van der Waals surface area contributed by atoms with Gasteiger partial charge >= 0.3 is 5.97 Å². The Morgan fingerprint density at radius 1 is 1.00 bits per heavy atom. The van der Waals surface area contributed by atoms with E-state index in [0.717, 1.165) is 42.9 Å². The van der Waals surface area contributed by atoms with Gasteiger partial charge in [0, 0.05) is 42.0 Å². The van der Waals surface area contributed by atoms with Crippen LogP contribution in [0, 0.1) is 0 Å². The largest absolute Gasteiger partial charge is 0.452 e. The highest BCUT2D eigenvalue weighted by molar-refractivity contribution is 9.10. The zero-order chi connectivity index (χ0) is 19.9. The van der Waals surface area contributed by atoms with Crippen LogP contribution in [-0.2, 0) is 9.53 Å². The minimum atomic E-state index is -0.524. The molecule has 1 saturated heterocycles. The van der Waals surface area contributed by atoms with Gasteiger partial charge < -0.3 is 19.9 Å². The molecule has 1 fully saturated rings. The first-order chi connectivity index (χ1) is 13.5.